The van der Waals surface area contributed by atoms with Crippen molar-refractivity contribution in [2.24, 2.45) is 5.73 Å². The second-order valence-corrected chi connectivity index (χ2v) is 5.79. The third-order valence-corrected chi connectivity index (χ3v) is 4.15. The van der Waals surface area contributed by atoms with Crippen molar-refractivity contribution in [2.75, 3.05) is 11.4 Å². The van der Waals surface area contributed by atoms with Gasteiger partial charge in [-0.25, -0.2) is 4.98 Å². The Morgan fingerprint density at radius 3 is 2.65 bits per heavy atom. The number of pyridine rings is 1. The van der Waals surface area contributed by atoms with Gasteiger partial charge in [0.1, 0.15) is 5.82 Å². The first-order valence-electron chi connectivity index (χ1n) is 6.31. The van der Waals surface area contributed by atoms with Gasteiger partial charge in [0, 0.05) is 24.8 Å². The zero-order valence-corrected chi connectivity index (χ0v) is 13.6. The summed E-state index contributed by atoms with van der Waals surface area (Å²) in [5, 5.41) is 0. The van der Waals surface area contributed by atoms with Crippen molar-refractivity contribution < 1.29 is 0 Å². The highest BCUT2D eigenvalue weighted by Gasteiger charge is 2.15. The number of aromatic nitrogens is 1. The summed E-state index contributed by atoms with van der Waals surface area (Å²) in [6, 6.07) is 12.1. The predicted octanol–water partition coefficient (Wildman–Crippen LogP) is 3.97. The van der Waals surface area contributed by atoms with Gasteiger partial charge in [-0.3, -0.25) is 0 Å². The first-order chi connectivity index (χ1) is 9.59. The van der Waals surface area contributed by atoms with Crippen LogP contribution in [0, 0.1) is 6.92 Å². The topological polar surface area (TPSA) is 42.2 Å². The molecule has 2 rings (SSSR count). The molecule has 0 saturated carbocycles. The molecule has 0 radical (unpaired) electrons. The van der Waals surface area contributed by atoms with E-state index in [0.717, 1.165) is 21.5 Å². The van der Waals surface area contributed by atoms with Gasteiger partial charge in [-0.15, -0.1) is 0 Å². The molecule has 0 aliphatic heterocycles. The third kappa shape index (κ3) is 3.55. The van der Waals surface area contributed by atoms with Gasteiger partial charge in [0.25, 0.3) is 0 Å². The number of nitrogens with zero attached hydrogens (tertiary/aromatic N) is 2. The van der Waals surface area contributed by atoms with E-state index in [-0.39, 0.29) is 0 Å². The molecule has 104 valence electrons. The van der Waals surface area contributed by atoms with Crippen LogP contribution in [0.25, 0.3) is 0 Å². The Bertz CT molecular complexity index is 601. The maximum atomic E-state index is 5.64. The zero-order chi connectivity index (χ0) is 14.5. The van der Waals surface area contributed by atoms with Crippen molar-refractivity contribution >= 4 is 44.6 Å². The van der Waals surface area contributed by atoms with Crippen molar-refractivity contribution in [3.63, 3.8) is 0 Å². The minimum Gasteiger partial charge on any atom is -0.393 e. The van der Waals surface area contributed by atoms with Crippen LogP contribution in [0.4, 0.5) is 11.5 Å². The summed E-state index contributed by atoms with van der Waals surface area (Å²) in [7, 11) is 0. The Balaban J connectivity index is 2.40. The van der Waals surface area contributed by atoms with Crippen LogP contribution in [-0.4, -0.2) is 16.5 Å². The van der Waals surface area contributed by atoms with Gasteiger partial charge in [-0.1, -0.05) is 30.4 Å². The van der Waals surface area contributed by atoms with Gasteiger partial charge in [-0.05, 0) is 46.6 Å². The van der Waals surface area contributed by atoms with Crippen LogP contribution in [0.5, 0.6) is 0 Å². The molecule has 0 bridgehead atoms. The number of rotatable bonds is 5. The van der Waals surface area contributed by atoms with Gasteiger partial charge < -0.3 is 10.6 Å². The Kier molecular flexibility index (Phi) is 5.09. The van der Waals surface area contributed by atoms with Crippen molar-refractivity contribution in [3.05, 3.63) is 52.6 Å². The summed E-state index contributed by atoms with van der Waals surface area (Å²) in [4.78, 5) is 7.12. The lowest BCUT2D eigenvalue weighted by Gasteiger charge is -2.25. The standard InChI is InChI=1S/C15H16BrN3S/c1-11-7-9-18-15(14(11)16)19(10-8-13(17)20)12-5-3-2-4-6-12/h2-7,9H,8,10H2,1H3,(H2,17,20). The summed E-state index contributed by atoms with van der Waals surface area (Å²) >= 11 is 8.61. The fraction of sp³-hybridized carbons (Fsp3) is 0.200. The summed E-state index contributed by atoms with van der Waals surface area (Å²) in [5.41, 5.74) is 7.85. The van der Waals surface area contributed by atoms with E-state index < -0.39 is 0 Å². The molecule has 2 aromatic rings. The molecule has 0 unspecified atom stereocenters. The Hall–Kier alpha value is -1.46. The highest BCUT2D eigenvalue weighted by Crippen LogP contribution is 2.32. The molecule has 1 aromatic heterocycles. The molecule has 0 amide bonds. The quantitative estimate of drug-likeness (QED) is 0.829. The number of aryl methyl sites for hydroxylation is 1. The monoisotopic (exact) mass is 349 g/mol. The molecule has 20 heavy (non-hydrogen) atoms. The second kappa shape index (κ2) is 6.81. The summed E-state index contributed by atoms with van der Waals surface area (Å²) in [5.74, 6) is 0.882. The first kappa shape index (κ1) is 14.9. The lowest BCUT2D eigenvalue weighted by Crippen LogP contribution is -2.24. The number of para-hydroxylation sites is 1. The number of hydrogen-bond acceptors (Lipinski definition) is 3. The van der Waals surface area contributed by atoms with E-state index in [1.165, 1.54) is 0 Å². The molecule has 1 heterocycles. The molecule has 0 spiro atoms. The minimum absolute atomic E-state index is 0.509. The summed E-state index contributed by atoms with van der Waals surface area (Å²) in [6.07, 6.45) is 2.46. The number of halogens is 1. The fourth-order valence-corrected chi connectivity index (χ4v) is 2.44. The van der Waals surface area contributed by atoms with Crippen LogP contribution in [0.1, 0.15) is 12.0 Å². The van der Waals surface area contributed by atoms with Crippen LogP contribution < -0.4 is 10.6 Å². The molecule has 0 saturated heterocycles. The summed E-state index contributed by atoms with van der Waals surface area (Å²) in [6.45, 7) is 2.75. The van der Waals surface area contributed by atoms with Crippen molar-refractivity contribution in [1.82, 2.24) is 4.98 Å². The van der Waals surface area contributed by atoms with Crippen LogP contribution >= 0.6 is 28.1 Å². The van der Waals surface area contributed by atoms with Crippen molar-refractivity contribution in [2.45, 2.75) is 13.3 Å². The minimum atomic E-state index is 0.509. The molecular weight excluding hydrogens is 334 g/mol. The molecule has 0 fully saturated rings. The molecule has 2 N–H and O–H groups in total. The normalized spacial score (nSPS) is 10.3. The average Bonchev–Trinajstić information content (AvgIpc) is 2.44. The number of hydrogen-bond donors (Lipinski definition) is 1. The maximum absolute atomic E-state index is 5.64. The predicted molar refractivity (Wildman–Crippen MR) is 91.5 cm³/mol. The molecular formula is C15H16BrN3S. The molecule has 0 atom stereocenters. The van der Waals surface area contributed by atoms with Gasteiger partial charge in [0.2, 0.25) is 0 Å². The third-order valence-electron chi connectivity index (χ3n) is 2.97. The zero-order valence-electron chi connectivity index (χ0n) is 11.2. The Labute approximate surface area is 132 Å². The van der Waals surface area contributed by atoms with E-state index in [1.54, 1.807) is 0 Å². The smallest absolute Gasteiger partial charge is 0.147 e. The number of thiocarbonyl (C=S) groups is 1. The van der Waals surface area contributed by atoms with Crippen LogP contribution in [0.2, 0.25) is 0 Å². The highest BCUT2D eigenvalue weighted by molar-refractivity contribution is 9.10. The molecule has 1 aromatic carbocycles. The lowest BCUT2D eigenvalue weighted by atomic mass is 10.2. The van der Waals surface area contributed by atoms with Gasteiger partial charge in [0.15, 0.2) is 0 Å². The van der Waals surface area contributed by atoms with E-state index in [4.69, 9.17) is 18.0 Å². The van der Waals surface area contributed by atoms with E-state index in [1.807, 2.05) is 37.4 Å². The maximum Gasteiger partial charge on any atom is 0.147 e. The van der Waals surface area contributed by atoms with Gasteiger partial charge >= 0.3 is 0 Å². The fourth-order valence-electron chi connectivity index (χ4n) is 1.90. The van der Waals surface area contributed by atoms with Crippen LogP contribution in [0.3, 0.4) is 0 Å². The Morgan fingerprint density at radius 2 is 2.00 bits per heavy atom. The number of benzene rings is 1. The molecule has 0 aliphatic carbocycles. The van der Waals surface area contributed by atoms with Gasteiger partial charge in [0.05, 0.1) is 9.46 Å². The number of anilines is 2. The van der Waals surface area contributed by atoms with Crippen LogP contribution in [-0.2, 0) is 0 Å². The second-order valence-electron chi connectivity index (χ2n) is 4.47. The van der Waals surface area contributed by atoms with Crippen LogP contribution in [0.15, 0.2) is 47.1 Å². The largest absolute Gasteiger partial charge is 0.393 e. The van der Waals surface area contributed by atoms with Crippen molar-refractivity contribution in [3.8, 4) is 0 Å². The van der Waals surface area contributed by atoms with E-state index >= 15 is 0 Å². The molecule has 0 aliphatic rings. The van der Waals surface area contributed by atoms with E-state index in [2.05, 4.69) is 37.9 Å². The SMILES string of the molecule is Cc1ccnc(N(CCC(N)=S)c2ccccc2)c1Br. The lowest BCUT2D eigenvalue weighted by molar-refractivity contribution is 0.937. The molecule has 5 heteroatoms. The van der Waals surface area contributed by atoms with E-state index in [9.17, 15) is 0 Å². The van der Waals surface area contributed by atoms with E-state index in [0.29, 0.717) is 18.0 Å². The van der Waals surface area contributed by atoms with Crippen molar-refractivity contribution in [1.29, 1.82) is 0 Å². The van der Waals surface area contributed by atoms with Gasteiger partial charge in [-0.2, -0.15) is 0 Å². The highest BCUT2D eigenvalue weighted by atomic mass is 79.9. The molecule has 3 nitrogen and oxygen atoms in total. The number of nitrogens with two attached hydrogens (primary N) is 1. The summed E-state index contributed by atoms with van der Waals surface area (Å²) < 4.78 is 0.992. The first-order valence-corrected chi connectivity index (χ1v) is 7.51. The average molecular weight is 350 g/mol. The Morgan fingerprint density at radius 1 is 1.30 bits per heavy atom.